The third kappa shape index (κ3) is 3.23. The zero-order valence-corrected chi connectivity index (χ0v) is 12.3. The van der Waals surface area contributed by atoms with Gasteiger partial charge in [-0.15, -0.1) is 11.3 Å². The van der Waals surface area contributed by atoms with E-state index in [-0.39, 0.29) is 5.78 Å². The van der Waals surface area contributed by atoms with Crippen molar-refractivity contribution in [1.29, 1.82) is 0 Å². The molecule has 0 N–H and O–H groups in total. The van der Waals surface area contributed by atoms with Crippen molar-refractivity contribution in [1.82, 2.24) is 9.97 Å². The van der Waals surface area contributed by atoms with Crippen LogP contribution in [0.4, 0.5) is 0 Å². The molecule has 0 saturated heterocycles. The molecule has 0 unspecified atom stereocenters. The minimum atomic E-state index is 0.0140. The fraction of sp³-hybridized carbons (Fsp3) is 0.357. The highest BCUT2D eigenvalue weighted by Crippen LogP contribution is 2.27. The molecule has 0 spiro atoms. The lowest BCUT2D eigenvalue weighted by molar-refractivity contribution is 0.101. The second kappa shape index (κ2) is 6.40. The van der Waals surface area contributed by atoms with E-state index < -0.39 is 0 Å². The van der Waals surface area contributed by atoms with Gasteiger partial charge in [-0.2, -0.15) is 0 Å². The predicted molar refractivity (Wildman–Crippen MR) is 76.2 cm³/mol. The number of ketones is 1. The molecule has 0 amide bonds. The molecule has 0 bridgehead atoms. The highest BCUT2D eigenvalue weighted by Gasteiger charge is 2.12. The smallest absolute Gasteiger partial charge is 0.179 e. The van der Waals surface area contributed by atoms with E-state index in [0.29, 0.717) is 5.69 Å². The molecule has 96 valence electrons. The van der Waals surface area contributed by atoms with E-state index >= 15 is 0 Å². The van der Waals surface area contributed by atoms with Crippen LogP contribution < -0.4 is 0 Å². The minimum Gasteiger partial charge on any atom is -0.293 e. The predicted octanol–water partition coefficient (Wildman–Crippen LogP) is 4.05. The molecule has 0 aliphatic rings. The molecule has 2 heterocycles. The molecule has 2 aromatic heterocycles. The van der Waals surface area contributed by atoms with E-state index in [0.717, 1.165) is 21.1 Å². The van der Waals surface area contributed by atoms with Crippen LogP contribution in [0.5, 0.6) is 0 Å². The second-order valence-electron chi connectivity index (χ2n) is 3.67. The van der Waals surface area contributed by atoms with Gasteiger partial charge in [0.15, 0.2) is 5.78 Å². The maximum Gasteiger partial charge on any atom is 0.179 e. The zero-order chi connectivity index (χ0) is 13.7. The average Bonchev–Trinajstić information content (AvgIpc) is 2.75. The molecule has 0 aliphatic carbocycles. The van der Waals surface area contributed by atoms with Gasteiger partial charge in [0, 0.05) is 29.3 Å². The number of carbonyl (C=O) groups excluding carboxylic acids is 1. The largest absolute Gasteiger partial charge is 0.293 e. The molecule has 0 saturated carbocycles. The Kier molecular flexibility index (Phi) is 5.16. The third-order valence-electron chi connectivity index (χ3n) is 2.29. The monoisotopic (exact) mass is 262 g/mol. The summed E-state index contributed by atoms with van der Waals surface area (Å²) in [5.74, 6) is 0.0140. The van der Waals surface area contributed by atoms with E-state index in [9.17, 15) is 4.79 Å². The normalized spacial score (nSPS) is 9.61. The van der Waals surface area contributed by atoms with Crippen LogP contribution >= 0.6 is 11.3 Å². The standard InChI is InChI=1S/C12H12N2OS.C2H6/c1-7-4-5-10(6-13-7)12-14-11(8(2)15)9(3)16-12;1-2/h4-6H,1-3H3;1-2H3. The number of pyridine rings is 1. The molecule has 2 aromatic rings. The van der Waals surface area contributed by atoms with Gasteiger partial charge in [-0.05, 0) is 26.0 Å². The summed E-state index contributed by atoms with van der Waals surface area (Å²) in [5, 5.41) is 0.857. The van der Waals surface area contributed by atoms with E-state index in [1.165, 1.54) is 11.3 Å². The maximum absolute atomic E-state index is 11.3. The maximum atomic E-state index is 11.3. The van der Waals surface area contributed by atoms with Crippen molar-refractivity contribution in [2.45, 2.75) is 34.6 Å². The van der Waals surface area contributed by atoms with Crippen LogP contribution in [-0.2, 0) is 0 Å². The van der Waals surface area contributed by atoms with Gasteiger partial charge in [-0.3, -0.25) is 9.78 Å². The SMILES string of the molecule is CC.CC(=O)c1nc(-c2ccc(C)nc2)sc1C. The lowest BCUT2D eigenvalue weighted by atomic mass is 10.2. The summed E-state index contributed by atoms with van der Waals surface area (Å²) >= 11 is 1.53. The molecular formula is C14H18N2OS. The number of nitrogens with zero attached hydrogens (tertiary/aromatic N) is 2. The lowest BCUT2D eigenvalue weighted by Gasteiger charge is -1.95. The summed E-state index contributed by atoms with van der Waals surface area (Å²) in [5.41, 5.74) is 2.51. The van der Waals surface area contributed by atoms with E-state index in [2.05, 4.69) is 9.97 Å². The molecule has 0 radical (unpaired) electrons. The number of carbonyl (C=O) groups is 1. The van der Waals surface area contributed by atoms with Crippen LogP contribution in [0.15, 0.2) is 18.3 Å². The first kappa shape index (κ1) is 14.5. The number of thiazole rings is 1. The van der Waals surface area contributed by atoms with Gasteiger partial charge in [-0.1, -0.05) is 13.8 Å². The molecule has 0 fully saturated rings. The molecule has 4 heteroatoms. The fourth-order valence-corrected chi connectivity index (χ4v) is 2.39. The van der Waals surface area contributed by atoms with Crippen molar-refractivity contribution in [3.05, 3.63) is 34.6 Å². The van der Waals surface area contributed by atoms with E-state index in [4.69, 9.17) is 0 Å². The minimum absolute atomic E-state index is 0.0140. The highest BCUT2D eigenvalue weighted by molar-refractivity contribution is 7.15. The summed E-state index contributed by atoms with van der Waals surface area (Å²) in [6.45, 7) is 9.40. The number of rotatable bonds is 2. The Labute approximate surface area is 112 Å². The van der Waals surface area contributed by atoms with Crippen molar-refractivity contribution in [3.8, 4) is 10.6 Å². The van der Waals surface area contributed by atoms with Gasteiger partial charge in [0.1, 0.15) is 10.7 Å². The van der Waals surface area contributed by atoms with Crippen LogP contribution in [0.25, 0.3) is 10.6 Å². The first-order chi connectivity index (χ1) is 8.58. The van der Waals surface area contributed by atoms with Crippen molar-refractivity contribution in [3.63, 3.8) is 0 Å². The van der Waals surface area contributed by atoms with Gasteiger partial charge in [-0.25, -0.2) is 4.98 Å². The van der Waals surface area contributed by atoms with Gasteiger partial charge in [0.25, 0.3) is 0 Å². The van der Waals surface area contributed by atoms with Gasteiger partial charge in [0.05, 0.1) is 0 Å². The van der Waals surface area contributed by atoms with Crippen LogP contribution in [0.2, 0.25) is 0 Å². The molecule has 0 aliphatic heterocycles. The Morgan fingerprint density at radius 2 is 1.89 bits per heavy atom. The Morgan fingerprint density at radius 3 is 2.33 bits per heavy atom. The van der Waals surface area contributed by atoms with Crippen molar-refractivity contribution >= 4 is 17.1 Å². The first-order valence-corrected chi connectivity index (χ1v) is 6.81. The highest BCUT2D eigenvalue weighted by atomic mass is 32.1. The van der Waals surface area contributed by atoms with Gasteiger partial charge >= 0.3 is 0 Å². The van der Waals surface area contributed by atoms with Crippen LogP contribution in [0.3, 0.4) is 0 Å². The average molecular weight is 262 g/mol. The Bertz CT molecular complexity index is 529. The number of aromatic nitrogens is 2. The Morgan fingerprint density at radius 1 is 1.22 bits per heavy atom. The molecule has 0 atom stereocenters. The summed E-state index contributed by atoms with van der Waals surface area (Å²) < 4.78 is 0. The molecule has 0 aromatic carbocycles. The van der Waals surface area contributed by atoms with Gasteiger partial charge in [0.2, 0.25) is 0 Å². The fourth-order valence-electron chi connectivity index (χ4n) is 1.44. The number of aryl methyl sites for hydroxylation is 2. The summed E-state index contributed by atoms with van der Waals surface area (Å²) in [7, 11) is 0. The lowest BCUT2D eigenvalue weighted by Crippen LogP contribution is -1.94. The molecule has 18 heavy (non-hydrogen) atoms. The summed E-state index contributed by atoms with van der Waals surface area (Å²) in [4.78, 5) is 20.8. The van der Waals surface area contributed by atoms with Crippen molar-refractivity contribution in [2.75, 3.05) is 0 Å². The van der Waals surface area contributed by atoms with Crippen LogP contribution in [-0.4, -0.2) is 15.8 Å². The molecular weight excluding hydrogens is 244 g/mol. The van der Waals surface area contributed by atoms with Crippen LogP contribution in [0, 0.1) is 13.8 Å². The Hall–Kier alpha value is -1.55. The van der Waals surface area contributed by atoms with Crippen molar-refractivity contribution < 1.29 is 4.79 Å². The summed E-state index contributed by atoms with van der Waals surface area (Å²) in [6, 6.07) is 3.92. The first-order valence-electron chi connectivity index (χ1n) is 5.99. The number of hydrogen-bond acceptors (Lipinski definition) is 4. The van der Waals surface area contributed by atoms with Gasteiger partial charge < -0.3 is 0 Å². The van der Waals surface area contributed by atoms with E-state index in [1.54, 1.807) is 13.1 Å². The molecule has 2 rings (SSSR count). The third-order valence-corrected chi connectivity index (χ3v) is 3.31. The van der Waals surface area contributed by atoms with E-state index in [1.807, 2.05) is 39.8 Å². The number of Topliss-reactive ketones (excluding diaryl/α,β-unsaturated/α-hetero) is 1. The second-order valence-corrected chi connectivity index (χ2v) is 4.87. The Balaban J connectivity index is 0.000000771. The number of hydrogen-bond donors (Lipinski definition) is 0. The molecule has 3 nitrogen and oxygen atoms in total. The van der Waals surface area contributed by atoms with Crippen molar-refractivity contribution in [2.24, 2.45) is 0 Å². The zero-order valence-electron chi connectivity index (χ0n) is 11.4. The van der Waals surface area contributed by atoms with Crippen LogP contribution in [0.1, 0.15) is 41.8 Å². The topological polar surface area (TPSA) is 42.9 Å². The summed E-state index contributed by atoms with van der Waals surface area (Å²) in [6.07, 6.45) is 1.79. The quantitative estimate of drug-likeness (QED) is 0.767.